The van der Waals surface area contributed by atoms with Gasteiger partial charge in [0.2, 0.25) is 5.91 Å². The Hall–Kier alpha value is -1.42. The molecule has 160 valence electrons. The van der Waals surface area contributed by atoms with E-state index in [1.807, 2.05) is 25.2 Å². The Morgan fingerprint density at radius 1 is 1.21 bits per heavy atom. The van der Waals surface area contributed by atoms with E-state index in [2.05, 4.69) is 30.2 Å². The second-order valence-corrected chi connectivity index (χ2v) is 10.7. The molecule has 1 saturated heterocycles. The van der Waals surface area contributed by atoms with Crippen molar-refractivity contribution in [3.63, 3.8) is 0 Å². The van der Waals surface area contributed by atoms with Crippen LogP contribution < -0.4 is 10.6 Å². The molecule has 4 bridgehead atoms. The summed E-state index contributed by atoms with van der Waals surface area (Å²) in [6.45, 7) is 10.2. The quantitative estimate of drug-likeness (QED) is 0.634. The van der Waals surface area contributed by atoms with Crippen molar-refractivity contribution >= 4 is 5.91 Å². The zero-order valence-corrected chi connectivity index (χ0v) is 18.1. The van der Waals surface area contributed by atoms with Crippen LogP contribution >= 0.6 is 0 Å². The first-order chi connectivity index (χ1) is 13.9. The third kappa shape index (κ3) is 3.62. The summed E-state index contributed by atoms with van der Waals surface area (Å²) in [5.41, 5.74) is 0.201. The number of rotatable bonds is 6. The van der Waals surface area contributed by atoms with Crippen molar-refractivity contribution in [1.82, 2.24) is 10.6 Å². The van der Waals surface area contributed by atoms with E-state index in [9.17, 15) is 9.18 Å². The minimum Gasteiger partial charge on any atom is -0.353 e. The van der Waals surface area contributed by atoms with Crippen LogP contribution in [0.4, 0.5) is 4.39 Å². The average Bonchev–Trinajstić information content (AvgIpc) is 2.69. The number of carbonyl (C=O) groups excluding carboxylic acids is 1. The van der Waals surface area contributed by atoms with Gasteiger partial charge in [0.05, 0.1) is 12.1 Å². The Balaban J connectivity index is 1.61. The number of hydrogen-bond acceptors (Lipinski definition) is 2. The maximum absolute atomic E-state index is 14.4. The first-order valence-electron chi connectivity index (χ1n) is 11.4. The van der Waals surface area contributed by atoms with E-state index >= 15 is 0 Å². The Morgan fingerprint density at radius 3 is 2.69 bits per heavy atom. The van der Waals surface area contributed by atoms with Crippen molar-refractivity contribution in [3.05, 3.63) is 36.5 Å². The van der Waals surface area contributed by atoms with E-state index in [1.165, 1.54) is 0 Å². The summed E-state index contributed by atoms with van der Waals surface area (Å²) in [6, 6.07) is 0.229. The summed E-state index contributed by atoms with van der Waals surface area (Å²) in [4.78, 5) is 13.7. The summed E-state index contributed by atoms with van der Waals surface area (Å²) < 4.78 is 14.4. The molecule has 4 unspecified atom stereocenters. The Morgan fingerprint density at radius 2 is 1.97 bits per heavy atom. The van der Waals surface area contributed by atoms with Crippen LogP contribution in [0.25, 0.3) is 0 Å². The highest BCUT2D eigenvalue weighted by atomic mass is 19.1. The van der Waals surface area contributed by atoms with Gasteiger partial charge in [-0.15, -0.1) is 0 Å². The summed E-state index contributed by atoms with van der Waals surface area (Å²) in [6.07, 6.45) is 14.4. The minimum atomic E-state index is -0.423. The van der Waals surface area contributed by atoms with Gasteiger partial charge in [-0.05, 0) is 87.8 Å². The zero-order chi connectivity index (χ0) is 20.7. The van der Waals surface area contributed by atoms with Crippen molar-refractivity contribution in [2.24, 2.45) is 28.1 Å². The van der Waals surface area contributed by atoms with Gasteiger partial charge < -0.3 is 10.6 Å². The maximum atomic E-state index is 14.4. The number of hydrogen-bond donors (Lipinski definition) is 2. The van der Waals surface area contributed by atoms with Crippen molar-refractivity contribution in [1.29, 1.82) is 0 Å². The van der Waals surface area contributed by atoms with Gasteiger partial charge in [0.1, 0.15) is 0 Å². The van der Waals surface area contributed by atoms with E-state index in [1.54, 1.807) is 0 Å². The summed E-state index contributed by atoms with van der Waals surface area (Å²) in [5, 5.41) is 6.82. The molecule has 5 aliphatic rings. The van der Waals surface area contributed by atoms with Crippen LogP contribution in [-0.4, -0.2) is 31.7 Å². The van der Waals surface area contributed by atoms with E-state index < -0.39 is 5.41 Å². The molecule has 0 spiro atoms. The molecular formula is C25H37FN2O. The lowest BCUT2D eigenvalue weighted by molar-refractivity contribution is -0.173. The Kier molecular flexibility index (Phi) is 5.52. The predicted molar refractivity (Wildman–Crippen MR) is 116 cm³/mol. The topological polar surface area (TPSA) is 41.1 Å². The molecule has 1 heterocycles. The molecule has 0 radical (unpaired) electrons. The first-order valence-corrected chi connectivity index (χ1v) is 11.4. The van der Waals surface area contributed by atoms with E-state index in [-0.39, 0.29) is 29.5 Å². The second kappa shape index (κ2) is 7.68. The highest BCUT2D eigenvalue weighted by molar-refractivity contribution is 5.84. The van der Waals surface area contributed by atoms with Gasteiger partial charge in [-0.1, -0.05) is 37.8 Å². The zero-order valence-electron chi connectivity index (χ0n) is 18.1. The van der Waals surface area contributed by atoms with Gasteiger partial charge in [0, 0.05) is 11.5 Å². The summed E-state index contributed by atoms with van der Waals surface area (Å²) in [7, 11) is 0. The summed E-state index contributed by atoms with van der Waals surface area (Å²) in [5.74, 6) is 1.06. The molecule has 0 aromatic heterocycles. The SMILES string of the molecule is C=C(/C=C\C=C/C)[C@]12CC3CC(C(=O)NC4CCNCC4C)(C[C@](CF)(C3)C1)C2. The molecule has 1 aliphatic heterocycles. The van der Waals surface area contributed by atoms with Crippen LogP contribution in [0, 0.1) is 28.1 Å². The van der Waals surface area contributed by atoms with Gasteiger partial charge in [-0.25, -0.2) is 0 Å². The number of piperidine rings is 1. The molecule has 4 heteroatoms. The highest BCUT2D eigenvalue weighted by Gasteiger charge is 2.66. The van der Waals surface area contributed by atoms with Crippen LogP contribution in [-0.2, 0) is 4.79 Å². The largest absolute Gasteiger partial charge is 0.353 e. The summed E-state index contributed by atoms with van der Waals surface area (Å²) >= 11 is 0. The van der Waals surface area contributed by atoms with E-state index in [0.29, 0.717) is 18.3 Å². The van der Waals surface area contributed by atoms with Crippen LogP contribution in [0.5, 0.6) is 0 Å². The van der Waals surface area contributed by atoms with Crippen LogP contribution in [0.1, 0.15) is 58.8 Å². The van der Waals surface area contributed by atoms with Gasteiger partial charge in [0.15, 0.2) is 0 Å². The smallest absolute Gasteiger partial charge is 0.226 e. The minimum absolute atomic E-state index is 0.124. The number of nitrogens with one attached hydrogen (secondary N) is 2. The van der Waals surface area contributed by atoms with E-state index in [4.69, 9.17) is 0 Å². The van der Waals surface area contributed by atoms with Crippen molar-refractivity contribution in [3.8, 4) is 0 Å². The van der Waals surface area contributed by atoms with Gasteiger partial charge >= 0.3 is 0 Å². The molecule has 0 aromatic carbocycles. The average molecular weight is 401 g/mol. The fraction of sp³-hybridized carbons (Fsp3) is 0.720. The lowest BCUT2D eigenvalue weighted by atomic mass is 9.38. The molecule has 5 rings (SSSR count). The Labute approximate surface area is 175 Å². The lowest BCUT2D eigenvalue weighted by Gasteiger charge is -2.66. The van der Waals surface area contributed by atoms with E-state index in [0.717, 1.165) is 57.2 Å². The number of halogens is 1. The molecule has 1 amide bonds. The first kappa shape index (κ1) is 20.8. The molecule has 2 N–H and O–H groups in total. The van der Waals surface area contributed by atoms with Crippen LogP contribution in [0.2, 0.25) is 0 Å². The highest BCUT2D eigenvalue weighted by Crippen LogP contribution is 2.71. The molecule has 4 saturated carbocycles. The molecule has 6 atom stereocenters. The van der Waals surface area contributed by atoms with Crippen LogP contribution in [0.3, 0.4) is 0 Å². The fourth-order valence-electron chi connectivity index (χ4n) is 7.41. The number of carbonyl (C=O) groups is 1. The van der Waals surface area contributed by atoms with Gasteiger partial charge in [-0.2, -0.15) is 0 Å². The van der Waals surface area contributed by atoms with Crippen molar-refractivity contribution < 1.29 is 9.18 Å². The molecule has 29 heavy (non-hydrogen) atoms. The fourth-order valence-corrected chi connectivity index (χ4v) is 7.41. The predicted octanol–water partition coefficient (Wildman–Crippen LogP) is 4.72. The maximum Gasteiger partial charge on any atom is 0.226 e. The standard InChI is InChI=1S/C25H37FN2O/c1-4-5-6-7-19(3)24-11-20-10-23(14-24,17-26)15-25(12-20,16-24)22(29)28-21-8-9-27-13-18(21)2/h4-7,18,20-21,27H,3,8-17H2,1-2H3,(H,28,29)/b5-4-,7-6-/t18?,20?,21?,23-,24+,25?/m0/s1. The normalized spacial score (nSPS) is 43.9. The molecule has 0 aromatic rings. The monoisotopic (exact) mass is 400 g/mol. The number of allylic oxidation sites excluding steroid dienone is 5. The third-order valence-corrected chi connectivity index (χ3v) is 8.33. The third-order valence-electron chi connectivity index (χ3n) is 8.33. The molecule has 3 nitrogen and oxygen atoms in total. The number of alkyl halides is 1. The molecular weight excluding hydrogens is 363 g/mol. The molecule has 4 aliphatic carbocycles. The second-order valence-electron chi connectivity index (χ2n) is 10.7. The van der Waals surface area contributed by atoms with Gasteiger partial charge in [-0.3, -0.25) is 9.18 Å². The van der Waals surface area contributed by atoms with Crippen LogP contribution in [0.15, 0.2) is 36.5 Å². The van der Waals surface area contributed by atoms with Crippen molar-refractivity contribution in [2.75, 3.05) is 19.8 Å². The lowest BCUT2D eigenvalue weighted by Crippen LogP contribution is -2.63. The molecule has 5 fully saturated rings. The Bertz CT molecular complexity index is 730. The van der Waals surface area contributed by atoms with Crippen molar-refractivity contribution in [2.45, 2.75) is 64.8 Å². The number of amides is 1. The van der Waals surface area contributed by atoms with Gasteiger partial charge in [0.25, 0.3) is 0 Å².